The minimum absolute atomic E-state index is 0.0224. The normalized spacial score (nSPS) is 12.1. The van der Waals surface area contributed by atoms with Crippen molar-refractivity contribution in [3.63, 3.8) is 0 Å². The molecule has 23 heavy (non-hydrogen) atoms. The Labute approximate surface area is 139 Å². The highest BCUT2D eigenvalue weighted by Crippen LogP contribution is 2.42. The Kier molecular flexibility index (Phi) is 4.64. The fourth-order valence-electron chi connectivity index (χ4n) is 2.55. The maximum absolute atomic E-state index is 5.78. The van der Waals surface area contributed by atoms with Crippen molar-refractivity contribution < 1.29 is 4.74 Å². The fraction of sp³-hybridized carbons (Fsp3) is 0.474. The van der Waals surface area contributed by atoms with Gasteiger partial charge >= 0.3 is 0 Å². The smallest absolute Gasteiger partial charge is 0.148 e. The number of methoxy groups -OCH3 is 1. The molecular formula is C19H27N3O. The van der Waals surface area contributed by atoms with E-state index in [4.69, 9.17) is 4.74 Å². The summed E-state index contributed by atoms with van der Waals surface area (Å²) in [5.41, 5.74) is 3.32. The highest BCUT2D eigenvalue weighted by molar-refractivity contribution is 5.64. The second-order valence-corrected chi connectivity index (χ2v) is 7.82. The first-order chi connectivity index (χ1) is 10.6. The molecule has 0 saturated carbocycles. The summed E-state index contributed by atoms with van der Waals surface area (Å²) in [5.74, 6) is 1.70. The van der Waals surface area contributed by atoms with E-state index in [9.17, 15) is 0 Å². The summed E-state index contributed by atoms with van der Waals surface area (Å²) in [6.45, 7) is 13.2. The van der Waals surface area contributed by atoms with Crippen LogP contribution in [-0.4, -0.2) is 17.1 Å². The maximum atomic E-state index is 5.78. The quantitative estimate of drug-likeness (QED) is 0.882. The third-order valence-electron chi connectivity index (χ3n) is 3.74. The topological polar surface area (TPSA) is 47.0 Å². The Balaban J connectivity index is 2.60. The molecule has 0 saturated heterocycles. The second kappa shape index (κ2) is 6.19. The lowest BCUT2D eigenvalue weighted by Crippen LogP contribution is -2.19. The molecule has 1 N–H and O–H groups in total. The molecule has 4 heteroatoms. The van der Waals surface area contributed by atoms with Gasteiger partial charge in [0.05, 0.1) is 13.3 Å². The highest BCUT2D eigenvalue weighted by atomic mass is 16.5. The maximum Gasteiger partial charge on any atom is 0.148 e. The first-order valence-corrected chi connectivity index (χ1v) is 7.89. The van der Waals surface area contributed by atoms with Crippen LogP contribution in [0.15, 0.2) is 30.7 Å². The van der Waals surface area contributed by atoms with Crippen LogP contribution in [0.25, 0.3) is 0 Å². The molecule has 2 rings (SSSR count). The van der Waals surface area contributed by atoms with E-state index in [1.807, 2.05) is 0 Å². The minimum atomic E-state index is -0.0224. The van der Waals surface area contributed by atoms with Crippen molar-refractivity contribution in [3.05, 3.63) is 41.9 Å². The van der Waals surface area contributed by atoms with Crippen LogP contribution in [0.5, 0.6) is 5.75 Å². The molecule has 0 aliphatic carbocycles. The molecule has 0 atom stereocenters. The lowest BCUT2D eigenvalue weighted by Gasteiger charge is -2.30. The van der Waals surface area contributed by atoms with Gasteiger partial charge in [-0.25, -0.2) is 4.98 Å². The van der Waals surface area contributed by atoms with Crippen LogP contribution in [0.3, 0.4) is 0 Å². The van der Waals surface area contributed by atoms with E-state index in [1.165, 1.54) is 11.1 Å². The van der Waals surface area contributed by atoms with E-state index in [1.54, 1.807) is 25.7 Å². The summed E-state index contributed by atoms with van der Waals surface area (Å²) in [7, 11) is 1.75. The zero-order chi connectivity index (χ0) is 17.3. The number of nitrogens with zero attached hydrogens (tertiary/aromatic N) is 2. The molecule has 0 aliphatic heterocycles. The number of aromatic nitrogens is 2. The predicted octanol–water partition coefficient (Wildman–Crippen LogP) is 4.82. The third-order valence-corrected chi connectivity index (χ3v) is 3.74. The molecule has 2 aromatic rings. The molecule has 1 heterocycles. The number of hydrogen-bond acceptors (Lipinski definition) is 4. The summed E-state index contributed by atoms with van der Waals surface area (Å²) >= 11 is 0. The van der Waals surface area contributed by atoms with Crippen LogP contribution in [-0.2, 0) is 10.8 Å². The lowest BCUT2D eigenvalue weighted by molar-refractivity contribution is 0.382. The molecule has 0 amide bonds. The molecule has 4 nitrogen and oxygen atoms in total. The van der Waals surface area contributed by atoms with Crippen molar-refractivity contribution in [3.8, 4) is 5.75 Å². The number of ether oxygens (including phenoxy) is 1. The van der Waals surface area contributed by atoms with Crippen LogP contribution >= 0.6 is 0 Å². The number of nitrogens with one attached hydrogen (secondary N) is 1. The zero-order valence-corrected chi connectivity index (χ0v) is 15.2. The van der Waals surface area contributed by atoms with Gasteiger partial charge in [-0.15, -0.1) is 0 Å². The Morgan fingerprint density at radius 3 is 1.87 bits per heavy atom. The minimum Gasteiger partial charge on any atom is -0.496 e. The van der Waals surface area contributed by atoms with Gasteiger partial charge < -0.3 is 10.1 Å². The molecule has 1 aromatic carbocycles. The number of benzene rings is 1. The molecule has 0 bridgehead atoms. The molecule has 124 valence electrons. The van der Waals surface area contributed by atoms with E-state index < -0.39 is 0 Å². The molecular weight excluding hydrogens is 286 g/mol. The largest absolute Gasteiger partial charge is 0.496 e. The SMILES string of the molecule is COc1c(C(C)(C)C)cc(Nc2cnccn2)cc1C(C)(C)C. The van der Waals surface area contributed by atoms with Gasteiger partial charge in [-0.2, -0.15) is 0 Å². The zero-order valence-electron chi connectivity index (χ0n) is 15.2. The molecule has 0 unspecified atom stereocenters. The van der Waals surface area contributed by atoms with E-state index >= 15 is 0 Å². The van der Waals surface area contributed by atoms with Crippen LogP contribution in [0.2, 0.25) is 0 Å². The molecule has 0 fully saturated rings. The van der Waals surface area contributed by atoms with E-state index in [0.29, 0.717) is 0 Å². The monoisotopic (exact) mass is 313 g/mol. The molecule has 0 spiro atoms. The van der Waals surface area contributed by atoms with Gasteiger partial charge in [-0.3, -0.25) is 4.98 Å². The van der Waals surface area contributed by atoms with Crippen molar-refractivity contribution in [2.45, 2.75) is 52.4 Å². The van der Waals surface area contributed by atoms with Gasteiger partial charge in [0.2, 0.25) is 0 Å². The van der Waals surface area contributed by atoms with Crippen molar-refractivity contribution >= 4 is 11.5 Å². The summed E-state index contributed by atoms with van der Waals surface area (Å²) in [4.78, 5) is 8.40. The highest BCUT2D eigenvalue weighted by Gasteiger charge is 2.27. The lowest BCUT2D eigenvalue weighted by atomic mass is 9.79. The Bertz CT molecular complexity index is 632. The van der Waals surface area contributed by atoms with Gasteiger partial charge in [0.15, 0.2) is 0 Å². The van der Waals surface area contributed by atoms with E-state index in [2.05, 4.69) is 69.0 Å². The van der Waals surface area contributed by atoms with Crippen molar-refractivity contribution in [1.82, 2.24) is 9.97 Å². The predicted molar refractivity (Wildman–Crippen MR) is 95.7 cm³/mol. The second-order valence-electron chi connectivity index (χ2n) is 7.82. The van der Waals surface area contributed by atoms with Gasteiger partial charge in [0.25, 0.3) is 0 Å². The van der Waals surface area contributed by atoms with Crippen LogP contribution in [0, 0.1) is 0 Å². The van der Waals surface area contributed by atoms with Gasteiger partial charge in [-0.1, -0.05) is 41.5 Å². The molecule has 0 radical (unpaired) electrons. The van der Waals surface area contributed by atoms with Gasteiger partial charge in [0, 0.05) is 29.2 Å². The van der Waals surface area contributed by atoms with Crippen LogP contribution in [0.1, 0.15) is 52.7 Å². The molecule has 0 aliphatic rings. The van der Waals surface area contributed by atoms with E-state index in [0.717, 1.165) is 17.3 Å². The van der Waals surface area contributed by atoms with Crippen molar-refractivity contribution in [2.24, 2.45) is 0 Å². The first-order valence-electron chi connectivity index (χ1n) is 7.89. The average molecular weight is 313 g/mol. The van der Waals surface area contributed by atoms with E-state index in [-0.39, 0.29) is 10.8 Å². The first kappa shape index (κ1) is 17.3. The fourth-order valence-corrected chi connectivity index (χ4v) is 2.55. The average Bonchev–Trinajstić information content (AvgIpc) is 2.45. The Hall–Kier alpha value is -2.10. The Morgan fingerprint density at radius 1 is 0.913 bits per heavy atom. The number of rotatable bonds is 3. The van der Waals surface area contributed by atoms with Gasteiger partial charge in [0.1, 0.15) is 11.6 Å². The van der Waals surface area contributed by atoms with Crippen molar-refractivity contribution in [1.29, 1.82) is 0 Å². The molecule has 1 aromatic heterocycles. The Morgan fingerprint density at radius 2 is 1.48 bits per heavy atom. The standard InChI is InChI=1S/C19H27N3O/c1-18(2,3)14-10-13(22-16-12-20-8-9-21-16)11-15(17(14)23-7)19(4,5)6/h8-12H,1-7H3,(H,21,22). The number of anilines is 2. The van der Waals surface area contributed by atoms with Crippen molar-refractivity contribution in [2.75, 3.05) is 12.4 Å². The summed E-state index contributed by atoms with van der Waals surface area (Å²) in [5, 5.41) is 3.35. The summed E-state index contributed by atoms with van der Waals surface area (Å²) < 4.78 is 5.78. The van der Waals surface area contributed by atoms with Crippen LogP contribution < -0.4 is 10.1 Å². The number of hydrogen-bond donors (Lipinski definition) is 1. The summed E-state index contributed by atoms with van der Waals surface area (Å²) in [6.07, 6.45) is 5.07. The van der Waals surface area contributed by atoms with Crippen LogP contribution in [0.4, 0.5) is 11.5 Å². The summed E-state index contributed by atoms with van der Waals surface area (Å²) in [6, 6.07) is 4.28. The third kappa shape index (κ3) is 4.01. The van der Waals surface area contributed by atoms with Gasteiger partial charge in [-0.05, 0) is 23.0 Å².